The molecule has 0 aliphatic carbocycles. The van der Waals surface area contributed by atoms with E-state index in [0.717, 1.165) is 30.0 Å². The molecule has 1 atom stereocenters. The Kier molecular flexibility index (Phi) is 3.06. The topological polar surface area (TPSA) is 48.2 Å². The maximum absolute atomic E-state index is 5.99. The number of hydrogen-bond donors (Lipinski definition) is 0. The fourth-order valence-electron chi connectivity index (χ4n) is 2.07. The van der Waals surface area contributed by atoms with Crippen molar-refractivity contribution in [3.05, 3.63) is 34.6 Å². The van der Waals surface area contributed by atoms with Gasteiger partial charge in [0.15, 0.2) is 5.82 Å². The van der Waals surface area contributed by atoms with Crippen molar-refractivity contribution >= 4 is 11.6 Å². The molecule has 0 bridgehead atoms. The largest absolute Gasteiger partial charge is 0.381 e. The second-order valence-corrected chi connectivity index (χ2v) is 4.91. The molecule has 2 aromatic rings. The van der Waals surface area contributed by atoms with Crippen LogP contribution in [0.3, 0.4) is 0 Å². The predicted octanol–water partition coefficient (Wildman–Crippen LogP) is 3.20. The number of rotatable bonds is 2. The van der Waals surface area contributed by atoms with Gasteiger partial charge in [-0.15, -0.1) is 0 Å². The minimum atomic E-state index is 0.252. The first kappa shape index (κ1) is 11.7. The molecule has 1 saturated heterocycles. The molecular formula is C13H13ClN2O2. The monoisotopic (exact) mass is 264 g/mol. The zero-order chi connectivity index (χ0) is 12.5. The van der Waals surface area contributed by atoms with E-state index in [2.05, 4.69) is 10.1 Å². The van der Waals surface area contributed by atoms with Crippen LogP contribution in [-0.2, 0) is 4.74 Å². The Balaban J connectivity index is 1.94. The summed E-state index contributed by atoms with van der Waals surface area (Å²) in [6.07, 6.45) is 0.952. The highest BCUT2D eigenvalue weighted by molar-refractivity contribution is 6.30. The summed E-state index contributed by atoms with van der Waals surface area (Å²) in [6.45, 7) is 3.44. The van der Waals surface area contributed by atoms with Gasteiger partial charge in [-0.2, -0.15) is 4.98 Å². The lowest BCUT2D eigenvalue weighted by molar-refractivity contribution is 0.192. The molecular weight excluding hydrogens is 252 g/mol. The average Bonchev–Trinajstić information content (AvgIpc) is 3.00. The fourth-order valence-corrected chi connectivity index (χ4v) is 2.24. The van der Waals surface area contributed by atoms with Crippen molar-refractivity contribution in [1.29, 1.82) is 0 Å². The van der Waals surface area contributed by atoms with Gasteiger partial charge in [0, 0.05) is 23.1 Å². The first-order valence-electron chi connectivity index (χ1n) is 5.92. The molecule has 18 heavy (non-hydrogen) atoms. The van der Waals surface area contributed by atoms with Gasteiger partial charge >= 0.3 is 0 Å². The Morgan fingerprint density at radius 2 is 2.28 bits per heavy atom. The second-order valence-electron chi connectivity index (χ2n) is 4.48. The van der Waals surface area contributed by atoms with Crippen LogP contribution in [0.1, 0.15) is 23.7 Å². The highest BCUT2D eigenvalue weighted by atomic mass is 35.5. The predicted molar refractivity (Wildman–Crippen MR) is 67.7 cm³/mol. The van der Waals surface area contributed by atoms with E-state index in [-0.39, 0.29) is 5.92 Å². The molecule has 0 saturated carbocycles. The number of ether oxygens (including phenoxy) is 1. The maximum Gasteiger partial charge on any atom is 0.258 e. The van der Waals surface area contributed by atoms with E-state index >= 15 is 0 Å². The molecule has 94 valence electrons. The Bertz CT molecular complexity index is 562. The smallest absolute Gasteiger partial charge is 0.258 e. The van der Waals surface area contributed by atoms with Crippen molar-refractivity contribution in [2.75, 3.05) is 13.2 Å². The van der Waals surface area contributed by atoms with Crippen LogP contribution in [0.25, 0.3) is 11.5 Å². The third kappa shape index (κ3) is 2.13. The van der Waals surface area contributed by atoms with Gasteiger partial charge in [-0.05, 0) is 31.0 Å². The Labute approximate surface area is 110 Å². The fraction of sp³-hybridized carbons (Fsp3) is 0.385. The van der Waals surface area contributed by atoms with E-state index in [0.29, 0.717) is 17.5 Å². The summed E-state index contributed by atoms with van der Waals surface area (Å²) >= 11 is 5.99. The zero-order valence-electron chi connectivity index (χ0n) is 10.0. The van der Waals surface area contributed by atoms with Crippen molar-refractivity contribution in [2.45, 2.75) is 19.3 Å². The van der Waals surface area contributed by atoms with Crippen molar-refractivity contribution in [3.8, 4) is 11.5 Å². The number of aromatic nitrogens is 2. The number of hydrogen-bond acceptors (Lipinski definition) is 4. The highest BCUT2D eigenvalue weighted by Crippen LogP contribution is 2.28. The van der Waals surface area contributed by atoms with Gasteiger partial charge in [0.25, 0.3) is 5.89 Å². The molecule has 1 aromatic heterocycles. The molecule has 1 aliphatic rings. The van der Waals surface area contributed by atoms with Crippen LogP contribution >= 0.6 is 11.6 Å². The van der Waals surface area contributed by atoms with Gasteiger partial charge in [-0.1, -0.05) is 22.8 Å². The van der Waals surface area contributed by atoms with Crippen LogP contribution in [0.2, 0.25) is 5.02 Å². The lowest BCUT2D eigenvalue weighted by atomic mass is 10.1. The van der Waals surface area contributed by atoms with E-state index < -0.39 is 0 Å². The van der Waals surface area contributed by atoms with Crippen LogP contribution in [0.5, 0.6) is 0 Å². The molecule has 3 rings (SSSR count). The summed E-state index contributed by atoms with van der Waals surface area (Å²) < 4.78 is 10.7. The summed E-state index contributed by atoms with van der Waals surface area (Å²) in [5.41, 5.74) is 1.96. The van der Waals surface area contributed by atoms with E-state index in [9.17, 15) is 0 Å². The van der Waals surface area contributed by atoms with Crippen molar-refractivity contribution < 1.29 is 9.26 Å². The SMILES string of the molecule is Cc1ccc(Cl)cc1-c1nc(C2CCOC2)no1. The standard InChI is InChI=1S/C13H13ClN2O2/c1-8-2-3-10(14)6-11(8)13-15-12(16-18-13)9-4-5-17-7-9/h2-3,6,9H,4-5,7H2,1H3. The Morgan fingerprint density at radius 3 is 3.06 bits per heavy atom. The molecule has 0 N–H and O–H groups in total. The highest BCUT2D eigenvalue weighted by Gasteiger charge is 2.23. The van der Waals surface area contributed by atoms with Crippen LogP contribution in [0.4, 0.5) is 0 Å². The lowest BCUT2D eigenvalue weighted by Crippen LogP contribution is -1.99. The quantitative estimate of drug-likeness (QED) is 0.836. The van der Waals surface area contributed by atoms with Gasteiger partial charge in [-0.3, -0.25) is 0 Å². The third-order valence-corrected chi connectivity index (χ3v) is 3.40. The molecule has 1 aromatic carbocycles. The normalized spacial score (nSPS) is 19.3. The Hall–Kier alpha value is -1.39. The molecule has 2 heterocycles. The molecule has 0 spiro atoms. The summed E-state index contributed by atoms with van der Waals surface area (Å²) in [7, 11) is 0. The first-order valence-corrected chi connectivity index (χ1v) is 6.30. The molecule has 1 aliphatic heterocycles. The summed E-state index contributed by atoms with van der Waals surface area (Å²) in [6, 6.07) is 5.64. The molecule has 0 radical (unpaired) electrons. The lowest BCUT2D eigenvalue weighted by Gasteiger charge is -2.01. The van der Waals surface area contributed by atoms with E-state index in [1.807, 2.05) is 25.1 Å². The van der Waals surface area contributed by atoms with Gasteiger partial charge in [0.2, 0.25) is 0 Å². The Morgan fingerprint density at radius 1 is 1.39 bits per heavy atom. The van der Waals surface area contributed by atoms with Crippen molar-refractivity contribution in [3.63, 3.8) is 0 Å². The van der Waals surface area contributed by atoms with Gasteiger partial charge in [0.05, 0.1) is 6.61 Å². The average molecular weight is 265 g/mol. The van der Waals surface area contributed by atoms with Crippen LogP contribution in [0, 0.1) is 6.92 Å². The summed E-state index contributed by atoms with van der Waals surface area (Å²) in [5, 5.41) is 4.70. The summed E-state index contributed by atoms with van der Waals surface area (Å²) in [4.78, 5) is 4.45. The van der Waals surface area contributed by atoms with Gasteiger partial charge in [0.1, 0.15) is 0 Å². The number of aryl methyl sites for hydroxylation is 1. The number of nitrogens with zero attached hydrogens (tertiary/aromatic N) is 2. The van der Waals surface area contributed by atoms with E-state index in [4.69, 9.17) is 20.9 Å². The van der Waals surface area contributed by atoms with Gasteiger partial charge in [-0.25, -0.2) is 0 Å². The van der Waals surface area contributed by atoms with E-state index in [1.165, 1.54) is 0 Å². The zero-order valence-corrected chi connectivity index (χ0v) is 10.8. The molecule has 5 heteroatoms. The maximum atomic E-state index is 5.99. The molecule has 0 amide bonds. The van der Waals surface area contributed by atoms with Crippen LogP contribution in [-0.4, -0.2) is 23.4 Å². The minimum absolute atomic E-state index is 0.252. The molecule has 1 fully saturated rings. The molecule has 1 unspecified atom stereocenters. The van der Waals surface area contributed by atoms with Crippen LogP contribution < -0.4 is 0 Å². The van der Waals surface area contributed by atoms with Gasteiger partial charge < -0.3 is 9.26 Å². The second kappa shape index (κ2) is 4.71. The van der Waals surface area contributed by atoms with Crippen LogP contribution in [0.15, 0.2) is 22.7 Å². The first-order chi connectivity index (χ1) is 8.74. The minimum Gasteiger partial charge on any atom is -0.381 e. The van der Waals surface area contributed by atoms with Crippen molar-refractivity contribution in [1.82, 2.24) is 10.1 Å². The third-order valence-electron chi connectivity index (χ3n) is 3.17. The summed E-state index contributed by atoms with van der Waals surface area (Å²) in [5.74, 6) is 1.50. The van der Waals surface area contributed by atoms with E-state index in [1.54, 1.807) is 0 Å². The number of benzene rings is 1. The van der Waals surface area contributed by atoms with Crippen molar-refractivity contribution in [2.24, 2.45) is 0 Å². The number of halogens is 1. The molecule has 4 nitrogen and oxygen atoms in total.